The van der Waals surface area contributed by atoms with E-state index < -0.39 is 0 Å². The lowest BCUT2D eigenvalue weighted by Gasteiger charge is -2.26. The molecule has 3 aromatic rings. The Labute approximate surface area is 155 Å². The summed E-state index contributed by atoms with van der Waals surface area (Å²) in [6.07, 6.45) is 8.65. The van der Waals surface area contributed by atoms with E-state index in [1.54, 1.807) is 6.07 Å². The first-order valence-electron chi connectivity index (χ1n) is 9.56. The maximum atomic E-state index is 10.2. The number of aromatic nitrogens is 1. The van der Waals surface area contributed by atoms with E-state index in [4.69, 9.17) is 0 Å². The average Bonchev–Trinajstić information content (AvgIpc) is 3.17. The molecule has 0 saturated carbocycles. The van der Waals surface area contributed by atoms with E-state index in [0.717, 1.165) is 61.8 Å². The fourth-order valence-electron chi connectivity index (χ4n) is 3.91. The van der Waals surface area contributed by atoms with E-state index in [9.17, 15) is 5.11 Å². The lowest BCUT2D eigenvalue weighted by molar-refractivity contribution is 0.295. The van der Waals surface area contributed by atoms with Crippen molar-refractivity contribution >= 4 is 16.5 Å². The summed E-state index contributed by atoms with van der Waals surface area (Å²) < 4.78 is 0. The number of nitrogens with one attached hydrogen (secondary N) is 1. The Kier molecular flexibility index (Phi) is 5.07. The van der Waals surface area contributed by atoms with Crippen LogP contribution in [0.25, 0.3) is 16.5 Å². The Hall–Kier alpha value is -2.52. The number of unbranched alkanes of at least 4 members (excludes halogenated alkanes) is 1. The smallest absolute Gasteiger partial charge is 0.119 e. The van der Waals surface area contributed by atoms with E-state index in [0.29, 0.717) is 5.75 Å². The van der Waals surface area contributed by atoms with Gasteiger partial charge in [-0.15, -0.1) is 0 Å². The van der Waals surface area contributed by atoms with Crippen LogP contribution in [-0.4, -0.2) is 34.6 Å². The molecule has 1 aliphatic rings. The van der Waals surface area contributed by atoms with Crippen molar-refractivity contribution in [2.75, 3.05) is 19.6 Å². The molecule has 0 unspecified atom stereocenters. The maximum absolute atomic E-state index is 10.2. The van der Waals surface area contributed by atoms with Crippen molar-refractivity contribution in [1.29, 1.82) is 0 Å². The van der Waals surface area contributed by atoms with Gasteiger partial charge >= 0.3 is 0 Å². The minimum atomic E-state index is 0.422. The number of aromatic hydroxyl groups is 1. The van der Waals surface area contributed by atoms with E-state index >= 15 is 0 Å². The molecule has 0 atom stereocenters. The minimum Gasteiger partial charge on any atom is -0.508 e. The number of rotatable bonds is 6. The van der Waals surface area contributed by atoms with Gasteiger partial charge in [0.15, 0.2) is 0 Å². The normalized spacial score (nSPS) is 15.3. The highest BCUT2D eigenvalue weighted by atomic mass is 16.3. The first-order valence-corrected chi connectivity index (χ1v) is 9.56. The highest BCUT2D eigenvalue weighted by Gasteiger charge is 2.13. The predicted octanol–water partition coefficient (Wildman–Crippen LogP) is 4.99. The lowest BCUT2D eigenvalue weighted by atomic mass is 9.99. The Morgan fingerprint density at radius 2 is 1.88 bits per heavy atom. The second-order valence-electron chi connectivity index (χ2n) is 7.11. The molecule has 1 aliphatic heterocycles. The molecule has 0 fully saturated rings. The first-order chi connectivity index (χ1) is 12.8. The molecule has 0 amide bonds. The van der Waals surface area contributed by atoms with Crippen LogP contribution in [0.15, 0.2) is 60.8 Å². The van der Waals surface area contributed by atoms with Crippen LogP contribution in [0.4, 0.5) is 0 Å². The molecule has 134 valence electrons. The molecule has 3 nitrogen and oxygen atoms in total. The van der Waals surface area contributed by atoms with E-state index in [-0.39, 0.29) is 0 Å². The molecule has 2 heterocycles. The standard InChI is InChI=1S/C23H26N2O/c26-23-10-9-22-20(11-14-24-22)21(23)8-4-5-15-25-16-12-19(13-17-25)18-6-2-1-3-7-18/h1-3,6-7,9-12,14,24,26H,4-5,8,13,15-17H2. The molecule has 0 radical (unpaired) electrons. The van der Waals surface area contributed by atoms with Crippen LogP contribution in [0.3, 0.4) is 0 Å². The Morgan fingerprint density at radius 1 is 1.00 bits per heavy atom. The minimum absolute atomic E-state index is 0.422. The molecule has 0 aliphatic carbocycles. The van der Waals surface area contributed by atoms with Crippen molar-refractivity contribution in [3.05, 3.63) is 71.9 Å². The summed E-state index contributed by atoms with van der Waals surface area (Å²) in [4.78, 5) is 5.75. The fraction of sp³-hybridized carbons (Fsp3) is 0.304. The largest absolute Gasteiger partial charge is 0.508 e. The van der Waals surface area contributed by atoms with Gasteiger partial charge in [0.2, 0.25) is 0 Å². The molecule has 0 bridgehead atoms. The number of phenols is 1. The zero-order valence-electron chi connectivity index (χ0n) is 15.1. The van der Waals surface area contributed by atoms with Crippen molar-refractivity contribution in [1.82, 2.24) is 9.88 Å². The van der Waals surface area contributed by atoms with Gasteiger partial charge in [0.1, 0.15) is 5.75 Å². The van der Waals surface area contributed by atoms with Crippen molar-refractivity contribution in [2.24, 2.45) is 0 Å². The number of H-pyrrole nitrogens is 1. The summed E-state index contributed by atoms with van der Waals surface area (Å²) in [5.41, 5.74) is 5.02. The van der Waals surface area contributed by atoms with Gasteiger partial charge in [-0.3, -0.25) is 4.90 Å². The Bertz CT molecular complexity index is 895. The van der Waals surface area contributed by atoms with Crippen molar-refractivity contribution in [2.45, 2.75) is 25.7 Å². The van der Waals surface area contributed by atoms with Gasteiger partial charge in [0.25, 0.3) is 0 Å². The molecular formula is C23H26N2O. The number of aromatic amines is 1. The fourth-order valence-corrected chi connectivity index (χ4v) is 3.91. The third kappa shape index (κ3) is 3.68. The zero-order chi connectivity index (χ0) is 17.8. The second kappa shape index (κ2) is 7.79. The predicted molar refractivity (Wildman–Crippen MR) is 108 cm³/mol. The third-order valence-corrected chi connectivity index (χ3v) is 5.41. The van der Waals surface area contributed by atoms with Crippen LogP contribution in [0.2, 0.25) is 0 Å². The van der Waals surface area contributed by atoms with Gasteiger partial charge in [-0.25, -0.2) is 0 Å². The molecule has 1 aromatic heterocycles. The molecule has 0 saturated heterocycles. The van der Waals surface area contributed by atoms with Gasteiger partial charge in [-0.1, -0.05) is 36.4 Å². The van der Waals surface area contributed by atoms with Crippen LogP contribution < -0.4 is 0 Å². The monoisotopic (exact) mass is 346 g/mol. The van der Waals surface area contributed by atoms with Gasteiger partial charge in [-0.05, 0) is 61.6 Å². The highest BCUT2D eigenvalue weighted by molar-refractivity contribution is 5.85. The number of phenolic OH excluding ortho intramolecular Hbond substituents is 1. The van der Waals surface area contributed by atoms with Crippen molar-refractivity contribution in [3.8, 4) is 5.75 Å². The molecule has 3 heteroatoms. The van der Waals surface area contributed by atoms with Gasteiger partial charge in [0, 0.05) is 35.8 Å². The summed E-state index contributed by atoms with van der Waals surface area (Å²) in [5, 5.41) is 11.3. The SMILES string of the molecule is Oc1ccc2[nH]ccc2c1CCCCN1CC=C(c2ccccc2)CC1. The van der Waals surface area contributed by atoms with Gasteiger partial charge in [0.05, 0.1) is 0 Å². The number of hydrogen-bond acceptors (Lipinski definition) is 2. The highest BCUT2D eigenvalue weighted by Crippen LogP contribution is 2.28. The Balaban J connectivity index is 1.27. The quantitative estimate of drug-likeness (QED) is 0.618. The number of fused-ring (bicyclic) bond motifs is 1. The average molecular weight is 346 g/mol. The van der Waals surface area contributed by atoms with E-state index in [1.165, 1.54) is 11.1 Å². The van der Waals surface area contributed by atoms with E-state index in [1.807, 2.05) is 12.3 Å². The molecular weight excluding hydrogens is 320 g/mol. The first kappa shape index (κ1) is 16.9. The number of hydrogen-bond donors (Lipinski definition) is 2. The number of benzene rings is 2. The number of aryl methyl sites for hydroxylation is 1. The van der Waals surface area contributed by atoms with Gasteiger partial charge in [-0.2, -0.15) is 0 Å². The Morgan fingerprint density at radius 3 is 2.69 bits per heavy atom. The van der Waals surface area contributed by atoms with Crippen LogP contribution in [0.1, 0.15) is 30.4 Å². The summed E-state index contributed by atoms with van der Waals surface area (Å²) >= 11 is 0. The third-order valence-electron chi connectivity index (χ3n) is 5.41. The molecule has 26 heavy (non-hydrogen) atoms. The van der Waals surface area contributed by atoms with E-state index in [2.05, 4.69) is 52.4 Å². The van der Waals surface area contributed by atoms with Crippen LogP contribution in [0, 0.1) is 0 Å². The second-order valence-corrected chi connectivity index (χ2v) is 7.11. The van der Waals surface area contributed by atoms with Crippen molar-refractivity contribution < 1.29 is 5.11 Å². The van der Waals surface area contributed by atoms with Crippen LogP contribution in [0.5, 0.6) is 5.75 Å². The molecule has 4 rings (SSSR count). The van der Waals surface area contributed by atoms with Crippen LogP contribution in [-0.2, 0) is 6.42 Å². The topological polar surface area (TPSA) is 39.3 Å². The summed E-state index contributed by atoms with van der Waals surface area (Å²) in [6.45, 7) is 3.31. The van der Waals surface area contributed by atoms with Gasteiger partial charge < -0.3 is 10.1 Å². The molecule has 0 spiro atoms. The summed E-state index contributed by atoms with van der Waals surface area (Å²) in [7, 11) is 0. The zero-order valence-corrected chi connectivity index (χ0v) is 15.1. The maximum Gasteiger partial charge on any atom is 0.119 e. The van der Waals surface area contributed by atoms with Crippen molar-refractivity contribution in [3.63, 3.8) is 0 Å². The van der Waals surface area contributed by atoms with Crippen LogP contribution >= 0.6 is 0 Å². The molecule has 2 aromatic carbocycles. The number of nitrogens with zero attached hydrogens (tertiary/aromatic N) is 1. The summed E-state index contributed by atoms with van der Waals surface area (Å²) in [5.74, 6) is 0.422. The lowest BCUT2D eigenvalue weighted by Crippen LogP contribution is -2.29. The molecule has 2 N–H and O–H groups in total. The summed E-state index contributed by atoms with van der Waals surface area (Å²) in [6, 6.07) is 16.5.